The Morgan fingerprint density at radius 1 is 0.913 bits per heavy atom. The molecule has 2 nitrogen and oxygen atoms in total. The van der Waals surface area contributed by atoms with Crippen LogP contribution in [0.3, 0.4) is 0 Å². The van der Waals surface area contributed by atoms with Gasteiger partial charge in [0.05, 0.1) is 6.61 Å². The lowest BCUT2D eigenvalue weighted by atomic mass is 10.1. The topological polar surface area (TPSA) is 26.3 Å². The van der Waals surface area contributed by atoms with Crippen LogP contribution in [0.1, 0.15) is 6.92 Å². The third-order valence-corrected chi connectivity index (χ3v) is 6.06. The number of ether oxygens (including phenoxy) is 1. The molecule has 0 saturated heterocycles. The summed E-state index contributed by atoms with van der Waals surface area (Å²) in [6.07, 6.45) is 5.83. The molecular weight excluding hydrogens is 303 g/mol. The summed E-state index contributed by atoms with van der Waals surface area (Å²) in [5, 5.41) is 2.45. The van der Waals surface area contributed by atoms with Crippen molar-refractivity contribution in [2.75, 3.05) is 6.61 Å². The van der Waals surface area contributed by atoms with E-state index in [0.29, 0.717) is 12.5 Å². The number of benzene rings is 2. The lowest BCUT2D eigenvalue weighted by Crippen LogP contribution is -2.24. The minimum atomic E-state index is -0.774. The predicted octanol–water partition coefficient (Wildman–Crippen LogP) is 3.42. The van der Waals surface area contributed by atoms with E-state index in [0.717, 1.165) is 5.66 Å². The number of carbonyl (C=O) groups is 1. The highest BCUT2D eigenvalue weighted by Gasteiger charge is 2.41. The van der Waals surface area contributed by atoms with E-state index < -0.39 is 7.92 Å². The van der Waals surface area contributed by atoms with Crippen molar-refractivity contribution >= 4 is 24.5 Å². The van der Waals surface area contributed by atoms with E-state index in [9.17, 15) is 4.79 Å². The predicted molar refractivity (Wildman–Crippen MR) is 95.1 cm³/mol. The summed E-state index contributed by atoms with van der Waals surface area (Å²) in [6.45, 7) is 2.22. The molecule has 1 fully saturated rings. The zero-order valence-electron chi connectivity index (χ0n) is 13.0. The SMILES string of the molecule is CCOC(=O)[C]1[CH][CH][CH][C]1P(c1ccccc1)c1ccccc1. The molecular formula is C20H18O2P. The third kappa shape index (κ3) is 3.64. The Kier molecular flexibility index (Phi) is 5.46. The van der Waals surface area contributed by atoms with Gasteiger partial charge in [0.15, 0.2) is 0 Å². The molecule has 1 aliphatic rings. The molecule has 0 unspecified atom stereocenters. The number of carbonyl (C=O) groups excluding carboxylic acids is 1. The smallest absolute Gasteiger partial charge is 0.314 e. The highest BCUT2D eigenvalue weighted by atomic mass is 31.1. The summed E-state index contributed by atoms with van der Waals surface area (Å²) in [5.41, 5.74) is 1.05. The van der Waals surface area contributed by atoms with Gasteiger partial charge in [-0.3, -0.25) is 4.79 Å². The van der Waals surface area contributed by atoms with Gasteiger partial charge in [0.1, 0.15) is 5.92 Å². The first-order chi connectivity index (χ1) is 11.3. The van der Waals surface area contributed by atoms with Crippen LogP contribution in [0.25, 0.3) is 0 Å². The first kappa shape index (κ1) is 16.2. The Hall–Kier alpha value is -1.66. The molecule has 0 aromatic heterocycles. The Morgan fingerprint density at radius 3 is 2.00 bits per heavy atom. The molecule has 3 heteroatoms. The Labute approximate surface area is 139 Å². The van der Waals surface area contributed by atoms with Crippen molar-refractivity contribution in [3.8, 4) is 0 Å². The molecule has 0 aliphatic heterocycles. The van der Waals surface area contributed by atoms with Crippen LogP contribution in [0, 0.1) is 30.8 Å². The second-order valence-electron chi connectivity index (χ2n) is 5.05. The van der Waals surface area contributed by atoms with Crippen LogP contribution in [0.2, 0.25) is 0 Å². The molecule has 2 aromatic rings. The summed E-state index contributed by atoms with van der Waals surface area (Å²) >= 11 is 0. The van der Waals surface area contributed by atoms with Gasteiger partial charge in [-0.2, -0.15) is 0 Å². The first-order valence-electron chi connectivity index (χ1n) is 7.64. The Morgan fingerprint density at radius 2 is 1.48 bits per heavy atom. The summed E-state index contributed by atoms with van der Waals surface area (Å²) in [6, 6.07) is 20.7. The molecule has 0 bridgehead atoms. The standard InChI is InChI=1S/C20H18O2P/c1-2-22-20(21)18-14-9-15-19(18)23(16-10-5-3-6-11-16)17-12-7-4-8-13-17/h3-15H,2H2,1H3. The van der Waals surface area contributed by atoms with E-state index in [-0.39, 0.29) is 5.97 Å². The van der Waals surface area contributed by atoms with Crippen LogP contribution in [-0.4, -0.2) is 12.6 Å². The van der Waals surface area contributed by atoms with E-state index in [2.05, 4.69) is 24.3 Å². The van der Waals surface area contributed by atoms with Gasteiger partial charge in [-0.25, -0.2) is 0 Å². The summed E-state index contributed by atoms with van der Waals surface area (Å²) < 4.78 is 5.22. The molecule has 0 atom stereocenters. The molecule has 5 radical (unpaired) electrons. The molecule has 1 saturated carbocycles. The van der Waals surface area contributed by atoms with E-state index in [1.165, 1.54) is 10.6 Å². The second-order valence-corrected chi connectivity index (χ2v) is 7.24. The van der Waals surface area contributed by atoms with Gasteiger partial charge in [-0.1, -0.05) is 60.7 Å². The number of esters is 1. The molecule has 3 rings (SSSR count). The average molecular weight is 321 g/mol. The van der Waals surface area contributed by atoms with E-state index >= 15 is 0 Å². The second kappa shape index (κ2) is 7.75. The maximum Gasteiger partial charge on any atom is 0.314 e. The average Bonchev–Trinajstić information content (AvgIpc) is 3.07. The highest BCUT2D eigenvalue weighted by molar-refractivity contribution is 7.76. The van der Waals surface area contributed by atoms with Crippen molar-refractivity contribution in [2.45, 2.75) is 6.92 Å². The first-order valence-corrected chi connectivity index (χ1v) is 8.98. The lowest BCUT2D eigenvalue weighted by molar-refractivity contribution is -0.140. The van der Waals surface area contributed by atoms with Gasteiger partial charge in [-0.15, -0.1) is 0 Å². The molecule has 0 N–H and O–H groups in total. The maximum atomic E-state index is 12.3. The fourth-order valence-corrected chi connectivity index (χ4v) is 5.01. The quantitative estimate of drug-likeness (QED) is 0.623. The summed E-state index contributed by atoms with van der Waals surface area (Å²) in [7, 11) is -0.774. The Bertz CT molecular complexity index is 587. The molecule has 115 valence electrons. The van der Waals surface area contributed by atoms with Crippen molar-refractivity contribution in [1.29, 1.82) is 0 Å². The monoisotopic (exact) mass is 321 g/mol. The van der Waals surface area contributed by atoms with Gasteiger partial charge >= 0.3 is 5.97 Å². The molecule has 0 spiro atoms. The van der Waals surface area contributed by atoms with Crippen LogP contribution in [0.5, 0.6) is 0 Å². The van der Waals surface area contributed by atoms with Crippen LogP contribution in [0.15, 0.2) is 60.7 Å². The summed E-state index contributed by atoms with van der Waals surface area (Å²) in [5.74, 6) is 0.428. The van der Waals surface area contributed by atoms with Gasteiger partial charge in [0, 0.05) is 5.66 Å². The minimum absolute atomic E-state index is 0.244. The number of hydrogen-bond acceptors (Lipinski definition) is 2. The van der Waals surface area contributed by atoms with Crippen molar-refractivity contribution in [1.82, 2.24) is 0 Å². The van der Waals surface area contributed by atoms with Crippen LogP contribution >= 0.6 is 7.92 Å². The zero-order chi connectivity index (χ0) is 16.1. The molecule has 23 heavy (non-hydrogen) atoms. The van der Waals surface area contributed by atoms with E-state index in [4.69, 9.17) is 4.74 Å². The van der Waals surface area contributed by atoms with Crippen molar-refractivity contribution in [2.24, 2.45) is 0 Å². The Balaban J connectivity index is 1.97. The van der Waals surface area contributed by atoms with Gasteiger partial charge in [0.2, 0.25) is 0 Å². The molecule has 2 aromatic carbocycles. The van der Waals surface area contributed by atoms with Crippen molar-refractivity contribution < 1.29 is 9.53 Å². The van der Waals surface area contributed by atoms with Crippen LogP contribution < -0.4 is 10.6 Å². The van der Waals surface area contributed by atoms with Crippen LogP contribution in [-0.2, 0) is 9.53 Å². The van der Waals surface area contributed by atoms with Gasteiger partial charge in [0.25, 0.3) is 0 Å². The normalized spacial score (nSPS) is 15.9. The van der Waals surface area contributed by atoms with Crippen molar-refractivity contribution in [3.05, 3.63) is 91.5 Å². The van der Waals surface area contributed by atoms with E-state index in [1.54, 1.807) is 0 Å². The van der Waals surface area contributed by atoms with Gasteiger partial charge in [-0.05, 0) is 44.7 Å². The summed E-state index contributed by atoms with van der Waals surface area (Å²) in [4.78, 5) is 12.3. The van der Waals surface area contributed by atoms with E-state index in [1.807, 2.05) is 62.6 Å². The number of rotatable bonds is 5. The molecule has 1 aliphatic carbocycles. The largest absolute Gasteiger partial charge is 0.465 e. The van der Waals surface area contributed by atoms with Crippen molar-refractivity contribution in [3.63, 3.8) is 0 Å². The number of hydrogen-bond donors (Lipinski definition) is 0. The molecule has 0 amide bonds. The lowest BCUT2D eigenvalue weighted by Gasteiger charge is -2.27. The minimum Gasteiger partial charge on any atom is -0.465 e. The zero-order valence-corrected chi connectivity index (χ0v) is 13.9. The fraction of sp³-hybridized carbons (Fsp3) is 0.100. The van der Waals surface area contributed by atoms with Crippen LogP contribution in [0.4, 0.5) is 0 Å². The highest BCUT2D eigenvalue weighted by Crippen LogP contribution is 2.56. The molecule has 0 heterocycles. The van der Waals surface area contributed by atoms with Gasteiger partial charge < -0.3 is 4.74 Å². The third-order valence-electron chi connectivity index (χ3n) is 3.56. The maximum absolute atomic E-state index is 12.3. The fourth-order valence-electron chi connectivity index (χ4n) is 2.57.